The lowest BCUT2D eigenvalue weighted by Crippen LogP contribution is -2.20. The topological polar surface area (TPSA) is 75.1 Å². The molecule has 0 aliphatic heterocycles. The third-order valence-electron chi connectivity index (χ3n) is 3.64. The van der Waals surface area contributed by atoms with Crippen LogP contribution in [0, 0.1) is 0 Å². The van der Waals surface area contributed by atoms with E-state index in [4.69, 9.17) is 5.11 Å². The van der Waals surface area contributed by atoms with Gasteiger partial charge in [-0.05, 0) is 36.6 Å². The first-order valence-electron chi connectivity index (χ1n) is 6.70. The Kier molecular flexibility index (Phi) is 3.98. The summed E-state index contributed by atoms with van der Waals surface area (Å²) >= 11 is 3.55. The van der Waals surface area contributed by atoms with Gasteiger partial charge in [-0.15, -0.1) is 0 Å². The molecule has 1 unspecified atom stereocenters. The fourth-order valence-electron chi connectivity index (χ4n) is 2.59. The molecule has 0 saturated carbocycles. The summed E-state index contributed by atoms with van der Waals surface area (Å²) in [5.74, 6) is -0.935. The minimum Gasteiger partial charge on any atom is -0.478 e. The third-order valence-corrected chi connectivity index (χ3v) is 4.38. The van der Waals surface area contributed by atoms with Crippen molar-refractivity contribution in [3.05, 3.63) is 57.6 Å². The van der Waals surface area contributed by atoms with E-state index in [2.05, 4.69) is 31.2 Å². The molecule has 2 aromatic rings. The van der Waals surface area contributed by atoms with E-state index in [1.54, 1.807) is 12.3 Å². The molecule has 1 atom stereocenters. The summed E-state index contributed by atoms with van der Waals surface area (Å²) in [5.41, 5.74) is 3.30. The van der Waals surface area contributed by atoms with Gasteiger partial charge in [0.15, 0.2) is 0 Å². The molecule has 0 aromatic carbocycles. The van der Waals surface area contributed by atoms with Crippen molar-refractivity contribution in [2.24, 2.45) is 0 Å². The number of fused-ring (bicyclic) bond motifs is 1. The number of aromatic nitrogens is 2. The molecule has 0 saturated heterocycles. The van der Waals surface area contributed by atoms with Gasteiger partial charge in [-0.3, -0.25) is 9.97 Å². The van der Waals surface area contributed by atoms with Gasteiger partial charge < -0.3 is 10.4 Å². The number of aromatic carboxylic acids is 1. The van der Waals surface area contributed by atoms with E-state index in [0.717, 1.165) is 28.7 Å². The second-order valence-electron chi connectivity index (χ2n) is 4.97. The molecule has 108 valence electrons. The van der Waals surface area contributed by atoms with Crippen LogP contribution in [-0.4, -0.2) is 21.0 Å². The molecule has 0 spiro atoms. The Morgan fingerprint density at radius 3 is 3.00 bits per heavy atom. The summed E-state index contributed by atoms with van der Waals surface area (Å²) in [4.78, 5) is 19.6. The Hall–Kier alpha value is -1.79. The number of nitrogens with zero attached hydrogens (tertiary/aromatic N) is 2. The first-order chi connectivity index (χ1) is 10.1. The van der Waals surface area contributed by atoms with E-state index in [0.29, 0.717) is 6.54 Å². The molecule has 1 aliphatic carbocycles. The summed E-state index contributed by atoms with van der Waals surface area (Å²) in [6.45, 7) is 0.527. The zero-order chi connectivity index (χ0) is 14.8. The van der Waals surface area contributed by atoms with Crippen LogP contribution in [0.4, 0.5) is 0 Å². The number of hydrogen-bond donors (Lipinski definition) is 2. The molecular formula is C15H14BrN3O2. The predicted molar refractivity (Wildman–Crippen MR) is 81.0 cm³/mol. The number of hydrogen-bond acceptors (Lipinski definition) is 4. The van der Waals surface area contributed by atoms with E-state index < -0.39 is 5.97 Å². The van der Waals surface area contributed by atoms with E-state index in [-0.39, 0.29) is 11.6 Å². The molecule has 2 aromatic heterocycles. The van der Waals surface area contributed by atoms with Crippen LogP contribution in [0.25, 0.3) is 0 Å². The van der Waals surface area contributed by atoms with Crippen LogP contribution in [-0.2, 0) is 13.0 Å². The van der Waals surface area contributed by atoms with Crippen LogP contribution < -0.4 is 5.32 Å². The Morgan fingerprint density at radius 1 is 1.38 bits per heavy atom. The lowest BCUT2D eigenvalue weighted by molar-refractivity contribution is 0.0696. The van der Waals surface area contributed by atoms with Gasteiger partial charge in [0.2, 0.25) is 0 Å². The number of rotatable bonds is 4. The minimum absolute atomic E-state index is 0.188. The summed E-state index contributed by atoms with van der Waals surface area (Å²) in [6, 6.07) is 5.24. The quantitative estimate of drug-likeness (QED) is 0.889. The Labute approximate surface area is 130 Å². The molecule has 0 radical (unpaired) electrons. The predicted octanol–water partition coefficient (Wildman–Crippen LogP) is 2.71. The van der Waals surface area contributed by atoms with Gasteiger partial charge in [0.1, 0.15) is 0 Å². The van der Waals surface area contributed by atoms with Crippen molar-refractivity contribution >= 4 is 21.9 Å². The van der Waals surface area contributed by atoms with E-state index in [1.807, 2.05) is 6.07 Å². The summed E-state index contributed by atoms with van der Waals surface area (Å²) in [6.07, 6.45) is 5.30. The minimum atomic E-state index is -0.935. The van der Waals surface area contributed by atoms with Gasteiger partial charge in [0.25, 0.3) is 0 Å². The maximum Gasteiger partial charge on any atom is 0.335 e. The van der Waals surface area contributed by atoms with Gasteiger partial charge in [-0.1, -0.05) is 15.9 Å². The highest BCUT2D eigenvalue weighted by molar-refractivity contribution is 9.10. The monoisotopic (exact) mass is 347 g/mol. The standard InChI is InChI=1S/C15H14BrN3O2/c16-12-4-6-18-14-11(12)1-2-13(14)19-8-10-7-9(15(20)21)3-5-17-10/h3-7,13,19H,1-2,8H2,(H,20,21). The van der Waals surface area contributed by atoms with Crippen LogP contribution in [0.5, 0.6) is 0 Å². The maximum absolute atomic E-state index is 11.0. The van der Waals surface area contributed by atoms with Crippen molar-refractivity contribution in [1.82, 2.24) is 15.3 Å². The molecule has 3 rings (SSSR count). The summed E-state index contributed by atoms with van der Waals surface area (Å²) in [5, 5.41) is 12.4. The van der Waals surface area contributed by atoms with Gasteiger partial charge in [0.05, 0.1) is 23.0 Å². The van der Waals surface area contributed by atoms with Crippen molar-refractivity contribution in [1.29, 1.82) is 0 Å². The van der Waals surface area contributed by atoms with Crippen molar-refractivity contribution in [2.75, 3.05) is 0 Å². The highest BCUT2D eigenvalue weighted by atomic mass is 79.9. The maximum atomic E-state index is 11.0. The molecule has 6 heteroatoms. The van der Waals surface area contributed by atoms with Crippen molar-refractivity contribution < 1.29 is 9.90 Å². The highest BCUT2D eigenvalue weighted by Gasteiger charge is 2.25. The number of carboxylic acid groups (broad SMARTS) is 1. The molecule has 0 bridgehead atoms. The van der Waals surface area contributed by atoms with Crippen molar-refractivity contribution in [2.45, 2.75) is 25.4 Å². The average Bonchev–Trinajstić information content (AvgIpc) is 2.90. The fraction of sp³-hybridized carbons (Fsp3) is 0.267. The second kappa shape index (κ2) is 5.91. The zero-order valence-electron chi connectivity index (χ0n) is 11.2. The van der Waals surface area contributed by atoms with Gasteiger partial charge >= 0.3 is 5.97 Å². The average molecular weight is 348 g/mol. The number of carbonyl (C=O) groups is 1. The van der Waals surface area contributed by atoms with Crippen LogP contribution >= 0.6 is 15.9 Å². The van der Waals surface area contributed by atoms with Crippen molar-refractivity contribution in [3.63, 3.8) is 0 Å². The largest absolute Gasteiger partial charge is 0.478 e. The second-order valence-corrected chi connectivity index (χ2v) is 5.82. The van der Waals surface area contributed by atoms with Crippen molar-refractivity contribution in [3.8, 4) is 0 Å². The molecule has 2 heterocycles. The third kappa shape index (κ3) is 2.96. The van der Waals surface area contributed by atoms with Gasteiger partial charge in [0, 0.05) is 23.4 Å². The highest BCUT2D eigenvalue weighted by Crippen LogP contribution is 2.33. The number of pyridine rings is 2. The van der Waals surface area contributed by atoms with E-state index in [1.165, 1.54) is 17.8 Å². The first-order valence-corrected chi connectivity index (χ1v) is 7.49. The Morgan fingerprint density at radius 2 is 2.19 bits per heavy atom. The van der Waals surface area contributed by atoms with Crippen LogP contribution in [0.15, 0.2) is 35.1 Å². The Bertz CT molecular complexity index is 690. The summed E-state index contributed by atoms with van der Waals surface area (Å²) < 4.78 is 1.10. The lowest BCUT2D eigenvalue weighted by Gasteiger charge is -2.13. The first kappa shape index (κ1) is 14.2. The normalized spacial score (nSPS) is 16.7. The van der Waals surface area contributed by atoms with Crippen LogP contribution in [0.1, 0.15) is 39.8 Å². The van der Waals surface area contributed by atoms with Crippen LogP contribution in [0.2, 0.25) is 0 Å². The number of halogens is 1. The van der Waals surface area contributed by atoms with Gasteiger partial charge in [-0.25, -0.2) is 4.79 Å². The Balaban J connectivity index is 1.71. The molecule has 21 heavy (non-hydrogen) atoms. The molecule has 1 aliphatic rings. The molecular weight excluding hydrogens is 334 g/mol. The van der Waals surface area contributed by atoms with Gasteiger partial charge in [-0.2, -0.15) is 0 Å². The summed E-state index contributed by atoms with van der Waals surface area (Å²) in [7, 11) is 0. The zero-order valence-corrected chi connectivity index (χ0v) is 12.8. The lowest BCUT2D eigenvalue weighted by atomic mass is 10.2. The number of carboxylic acids is 1. The molecule has 2 N–H and O–H groups in total. The molecule has 0 fully saturated rings. The van der Waals surface area contributed by atoms with E-state index >= 15 is 0 Å². The SMILES string of the molecule is O=C(O)c1ccnc(CNC2CCc3c(Br)ccnc32)c1. The molecule has 5 nitrogen and oxygen atoms in total. The number of nitrogens with one attached hydrogen (secondary N) is 1. The molecule has 0 amide bonds. The van der Waals surface area contributed by atoms with Crippen LogP contribution in [0.3, 0.4) is 0 Å². The van der Waals surface area contributed by atoms with E-state index in [9.17, 15) is 4.79 Å². The smallest absolute Gasteiger partial charge is 0.335 e. The fourth-order valence-corrected chi connectivity index (χ4v) is 3.11.